The van der Waals surface area contributed by atoms with E-state index >= 15 is 0 Å². The minimum absolute atomic E-state index is 0. The summed E-state index contributed by atoms with van der Waals surface area (Å²) < 4.78 is 10.4. The van der Waals surface area contributed by atoms with Crippen LogP contribution in [0.15, 0.2) is 0 Å². The van der Waals surface area contributed by atoms with Gasteiger partial charge in [-0.15, -0.1) is 0 Å². The van der Waals surface area contributed by atoms with Gasteiger partial charge in [0, 0.05) is 46.9 Å². The Morgan fingerprint density at radius 2 is 1.86 bits per heavy atom. The Kier molecular flexibility index (Phi) is 17.7. The summed E-state index contributed by atoms with van der Waals surface area (Å²) in [6.07, 6.45) is 2.34. The van der Waals surface area contributed by atoms with Crippen molar-refractivity contribution in [1.29, 1.82) is 0 Å². The van der Waals surface area contributed by atoms with Crippen molar-refractivity contribution < 1.29 is 42.2 Å². The van der Waals surface area contributed by atoms with Crippen molar-refractivity contribution in [3.8, 4) is 0 Å². The van der Waals surface area contributed by atoms with E-state index < -0.39 is 0 Å². The van der Waals surface area contributed by atoms with Crippen LogP contribution in [0.1, 0.15) is 28.2 Å². The van der Waals surface area contributed by atoms with Crippen LogP contribution in [0, 0.1) is 18.3 Å². The number of ether oxygens (including phenoxy) is 2. The fraction of sp³-hybridized carbons (Fsp3) is 0.818. The molecule has 0 aliphatic carbocycles. The van der Waals surface area contributed by atoms with Crippen LogP contribution >= 0.6 is 0 Å². The zero-order valence-corrected chi connectivity index (χ0v) is 12.2. The maximum Gasteiger partial charge on any atom is 0.0322 e. The first-order chi connectivity index (χ1) is 5.67. The molecule has 0 aliphatic rings. The van der Waals surface area contributed by atoms with Crippen LogP contribution in [0.3, 0.4) is 0 Å². The van der Waals surface area contributed by atoms with Crippen molar-refractivity contribution in [2.24, 2.45) is 5.92 Å². The van der Waals surface area contributed by atoms with Gasteiger partial charge in [0.25, 0.3) is 0 Å². The molecule has 0 rings (SSSR count). The SMILES string of the molecule is C.C[CH-]C(C)C(OC)[C-](C)COC.[Y]. The van der Waals surface area contributed by atoms with Crippen molar-refractivity contribution >= 4 is 0 Å². The molecule has 0 saturated carbocycles. The summed E-state index contributed by atoms with van der Waals surface area (Å²) >= 11 is 0. The number of hydrogen-bond acceptors (Lipinski definition) is 2. The maximum absolute atomic E-state index is 5.37. The van der Waals surface area contributed by atoms with Crippen molar-refractivity contribution in [1.82, 2.24) is 0 Å². The summed E-state index contributed by atoms with van der Waals surface area (Å²) in [6, 6.07) is 0. The molecule has 0 aliphatic heterocycles. The van der Waals surface area contributed by atoms with Crippen LogP contribution < -0.4 is 0 Å². The van der Waals surface area contributed by atoms with Gasteiger partial charge in [-0.1, -0.05) is 27.1 Å². The minimum Gasteiger partial charge on any atom is -0.416 e. The van der Waals surface area contributed by atoms with Crippen LogP contribution in [0.4, 0.5) is 0 Å². The molecule has 0 spiro atoms. The first-order valence-electron chi connectivity index (χ1n) is 4.30. The van der Waals surface area contributed by atoms with E-state index in [-0.39, 0.29) is 46.2 Å². The first kappa shape index (κ1) is 20.4. The molecule has 2 atom stereocenters. The quantitative estimate of drug-likeness (QED) is 0.695. The van der Waals surface area contributed by atoms with Crippen molar-refractivity contribution in [3.05, 3.63) is 12.3 Å². The van der Waals surface area contributed by atoms with Gasteiger partial charge in [-0.05, 0) is 0 Å². The Balaban J connectivity index is -0.000000605. The van der Waals surface area contributed by atoms with Gasteiger partial charge in [0.2, 0.25) is 0 Å². The second kappa shape index (κ2) is 12.1. The summed E-state index contributed by atoms with van der Waals surface area (Å²) in [4.78, 5) is 0. The molecular weight excluding hydrogens is 253 g/mol. The molecule has 85 valence electrons. The Bertz CT molecular complexity index is 109. The average Bonchev–Trinajstić information content (AvgIpc) is 2.06. The van der Waals surface area contributed by atoms with E-state index in [1.54, 1.807) is 14.2 Å². The molecule has 3 heteroatoms. The van der Waals surface area contributed by atoms with Gasteiger partial charge < -0.3 is 15.9 Å². The summed E-state index contributed by atoms with van der Waals surface area (Å²) in [5.74, 6) is 1.69. The van der Waals surface area contributed by atoms with E-state index in [0.29, 0.717) is 12.5 Å². The van der Waals surface area contributed by atoms with Crippen molar-refractivity contribution in [2.45, 2.75) is 34.3 Å². The Morgan fingerprint density at radius 1 is 1.36 bits per heavy atom. The van der Waals surface area contributed by atoms with Gasteiger partial charge >= 0.3 is 0 Å². The van der Waals surface area contributed by atoms with Gasteiger partial charge in [0.1, 0.15) is 0 Å². The average molecular weight is 277 g/mol. The van der Waals surface area contributed by atoms with Gasteiger partial charge in [0.15, 0.2) is 0 Å². The third-order valence-corrected chi connectivity index (χ3v) is 2.11. The van der Waals surface area contributed by atoms with Crippen LogP contribution in [0.25, 0.3) is 0 Å². The largest absolute Gasteiger partial charge is 0.416 e. The van der Waals surface area contributed by atoms with Crippen molar-refractivity contribution in [3.63, 3.8) is 0 Å². The third kappa shape index (κ3) is 7.33. The van der Waals surface area contributed by atoms with Crippen LogP contribution in [-0.2, 0) is 42.2 Å². The molecule has 2 nitrogen and oxygen atoms in total. The Hall–Kier alpha value is 1.02. The van der Waals surface area contributed by atoms with E-state index in [9.17, 15) is 0 Å². The Morgan fingerprint density at radius 3 is 2.14 bits per heavy atom. The maximum atomic E-state index is 5.37. The molecule has 0 fully saturated rings. The monoisotopic (exact) mass is 277 g/mol. The second-order valence-electron chi connectivity index (χ2n) is 3.13. The van der Waals surface area contributed by atoms with Crippen LogP contribution in [0.2, 0.25) is 0 Å². The van der Waals surface area contributed by atoms with Gasteiger partial charge in [-0.25, -0.2) is 0 Å². The van der Waals surface area contributed by atoms with Gasteiger partial charge in [0.05, 0.1) is 0 Å². The van der Waals surface area contributed by atoms with Crippen LogP contribution in [-0.4, -0.2) is 26.9 Å². The molecule has 0 aromatic rings. The molecule has 0 aromatic heterocycles. The molecule has 2 unspecified atom stereocenters. The smallest absolute Gasteiger partial charge is 0.0322 e. The van der Waals surface area contributed by atoms with Gasteiger partial charge in [-0.3, -0.25) is 5.92 Å². The predicted octanol–water partition coefficient (Wildman–Crippen LogP) is 2.74. The molecule has 1 radical (unpaired) electrons. The van der Waals surface area contributed by atoms with E-state index in [0.717, 1.165) is 0 Å². The molecule has 0 N–H and O–H groups in total. The second-order valence-corrected chi connectivity index (χ2v) is 3.13. The van der Waals surface area contributed by atoms with E-state index in [4.69, 9.17) is 9.47 Å². The molecular formula is C11H24O2Y-2. The first-order valence-corrected chi connectivity index (χ1v) is 4.30. The Labute approximate surface area is 115 Å². The molecule has 0 amide bonds. The van der Waals surface area contributed by atoms with E-state index in [2.05, 4.69) is 27.2 Å². The molecule has 0 bridgehead atoms. The van der Waals surface area contributed by atoms with E-state index in [1.807, 2.05) is 0 Å². The molecule has 14 heavy (non-hydrogen) atoms. The fourth-order valence-corrected chi connectivity index (χ4v) is 1.35. The van der Waals surface area contributed by atoms with Crippen molar-refractivity contribution in [2.75, 3.05) is 20.8 Å². The number of methoxy groups -OCH3 is 2. The number of hydrogen-bond donors (Lipinski definition) is 0. The molecule has 0 saturated heterocycles. The summed E-state index contributed by atoms with van der Waals surface area (Å²) in [5, 5.41) is 0. The fourth-order valence-electron chi connectivity index (χ4n) is 1.35. The third-order valence-electron chi connectivity index (χ3n) is 2.11. The number of rotatable bonds is 6. The van der Waals surface area contributed by atoms with Gasteiger partial charge in [-0.2, -0.15) is 19.8 Å². The zero-order valence-electron chi connectivity index (χ0n) is 9.33. The minimum atomic E-state index is 0. The van der Waals surface area contributed by atoms with E-state index in [1.165, 1.54) is 5.92 Å². The molecule has 0 heterocycles. The zero-order chi connectivity index (χ0) is 9.56. The normalized spacial score (nSPS) is 14.1. The molecule has 0 aromatic carbocycles. The summed E-state index contributed by atoms with van der Waals surface area (Å²) in [7, 11) is 3.44. The summed E-state index contributed by atoms with van der Waals surface area (Å²) in [5.41, 5.74) is 0. The predicted molar refractivity (Wildman–Crippen MR) is 57.5 cm³/mol. The summed E-state index contributed by atoms with van der Waals surface area (Å²) in [6.45, 7) is 6.94. The topological polar surface area (TPSA) is 18.5 Å². The van der Waals surface area contributed by atoms with Crippen LogP contribution in [0.5, 0.6) is 0 Å². The standard InChI is InChI=1S/C10H20O2.CH4.Y/c1-6-8(2)10(12-5)9(3)7-11-4;;/h6,8,10H,7H2,1-5H3;1H4;/q-2;;.